The zero-order chi connectivity index (χ0) is 17.0. The molecule has 3 N–H and O–H groups in total. The fourth-order valence-corrected chi connectivity index (χ4v) is 1.86. The second kappa shape index (κ2) is 7.19. The second-order valence-electron chi connectivity index (χ2n) is 5.73. The van der Waals surface area contributed by atoms with Crippen LogP contribution < -0.4 is 15.5 Å². The van der Waals surface area contributed by atoms with Crippen molar-refractivity contribution in [1.29, 1.82) is 0 Å². The van der Waals surface area contributed by atoms with Gasteiger partial charge in [0.2, 0.25) is 11.9 Å². The van der Waals surface area contributed by atoms with Gasteiger partial charge in [0.1, 0.15) is 11.0 Å². The number of hydrogen-bond donors (Lipinski definition) is 3. The lowest BCUT2D eigenvalue weighted by molar-refractivity contribution is 0.208. The molecule has 2 aromatic rings. The SMILES string of the molecule is C=C(C)CNc1nc(N(C)C)c2nc(NCC(C)O)ncc2n1. The summed E-state index contributed by atoms with van der Waals surface area (Å²) in [7, 11) is 3.80. The normalized spacial score (nSPS) is 12.0. The lowest BCUT2D eigenvalue weighted by Crippen LogP contribution is -2.18. The molecular weight excluding hydrogens is 294 g/mol. The number of rotatable bonds is 7. The van der Waals surface area contributed by atoms with Crippen molar-refractivity contribution in [2.24, 2.45) is 0 Å². The van der Waals surface area contributed by atoms with Crippen LogP contribution in [0.4, 0.5) is 17.7 Å². The molecule has 8 heteroatoms. The maximum Gasteiger partial charge on any atom is 0.225 e. The first-order valence-electron chi connectivity index (χ1n) is 7.39. The third-order valence-electron chi connectivity index (χ3n) is 2.95. The fraction of sp³-hybridized carbons (Fsp3) is 0.467. The Labute approximate surface area is 135 Å². The summed E-state index contributed by atoms with van der Waals surface area (Å²) in [5.41, 5.74) is 2.29. The molecular formula is C15H23N7O. The molecule has 0 amide bonds. The van der Waals surface area contributed by atoms with Crippen LogP contribution >= 0.6 is 0 Å². The molecule has 8 nitrogen and oxygen atoms in total. The third-order valence-corrected chi connectivity index (χ3v) is 2.95. The number of aliphatic hydroxyl groups is 1. The summed E-state index contributed by atoms with van der Waals surface area (Å²) < 4.78 is 0. The van der Waals surface area contributed by atoms with Gasteiger partial charge in [-0.1, -0.05) is 12.2 Å². The van der Waals surface area contributed by atoms with Crippen molar-refractivity contribution in [3.05, 3.63) is 18.3 Å². The minimum Gasteiger partial charge on any atom is -0.392 e. The Bertz CT molecular complexity index is 700. The zero-order valence-corrected chi connectivity index (χ0v) is 14.0. The Hall–Kier alpha value is -2.48. The van der Waals surface area contributed by atoms with Gasteiger partial charge in [0, 0.05) is 27.2 Å². The Morgan fingerprint density at radius 2 is 2.00 bits per heavy atom. The van der Waals surface area contributed by atoms with Gasteiger partial charge in [0.25, 0.3) is 0 Å². The van der Waals surface area contributed by atoms with E-state index in [1.807, 2.05) is 25.9 Å². The van der Waals surface area contributed by atoms with Crippen LogP contribution in [0.25, 0.3) is 11.0 Å². The number of nitrogens with one attached hydrogen (secondary N) is 2. The van der Waals surface area contributed by atoms with E-state index in [4.69, 9.17) is 0 Å². The Morgan fingerprint density at radius 3 is 2.61 bits per heavy atom. The number of aromatic nitrogens is 4. The first-order valence-corrected chi connectivity index (χ1v) is 7.39. The minimum atomic E-state index is -0.479. The van der Waals surface area contributed by atoms with Gasteiger partial charge in [-0.3, -0.25) is 0 Å². The van der Waals surface area contributed by atoms with Crippen molar-refractivity contribution in [3.63, 3.8) is 0 Å². The molecule has 0 aliphatic rings. The fourth-order valence-electron chi connectivity index (χ4n) is 1.86. The highest BCUT2D eigenvalue weighted by Crippen LogP contribution is 2.22. The molecule has 2 rings (SSSR count). The summed E-state index contributed by atoms with van der Waals surface area (Å²) in [6.45, 7) is 8.47. The molecule has 0 fully saturated rings. The van der Waals surface area contributed by atoms with E-state index < -0.39 is 6.10 Å². The predicted molar refractivity (Wildman–Crippen MR) is 92.9 cm³/mol. The van der Waals surface area contributed by atoms with E-state index in [2.05, 4.69) is 37.1 Å². The molecule has 0 saturated carbocycles. The van der Waals surface area contributed by atoms with E-state index in [0.29, 0.717) is 41.8 Å². The number of anilines is 3. The largest absolute Gasteiger partial charge is 0.392 e. The van der Waals surface area contributed by atoms with Crippen LogP contribution in [0, 0.1) is 0 Å². The van der Waals surface area contributed by atoms with Crippen LogP contribution in [0.15, 0.2) is 18.3 Å². The van der Waals surface area contributed by atoms with Gasteiger partial charge < -0.3 is 20.6 Å². The number of hydrogen-bond acceptors (Lipinski definition) is 8. The summed E-state index contributed by atoms with van der Waals surface area (Å²) in [6.07, 6.45) is 1.17. The summed E-state index contributed by atoms with van der Waals surface area (Å²) in [5.74, 6) is 1.65. The van der Waals surface area contributed by atoms with Gasteiger partial charge >= 0.3 is 0 Å². The van der Waals surface area contributed by atoms with Gasteiger partial charge in [-0.05, 0) is 13.8 Å². The quantitative estimate of drug-likeness (QED) is 0.657. The third kappa shape index (κ3) is 4.49. The lowest BCUT2D eigenvalue weighted by Gasteiger charge is -2.16. The molecule has 124 valence electrons. The maximum absolute atomic E-state index is 9.34. The summed E-state index contributed by atoms with van der Waals surface area (Å²) in [4.78, 5) is 19.5. The molecule has 0 aliphatic carbocycles. The molecule has 23 heavy (non-hydrogen) atoms. The monoisotopic (exact) mass is 317 g/mol. The van der Waals surface area contributed by atoms with E-state index in [9.17, 15) is 5.11 Å². The van der Waals surface area contributed by atoms with Crippen LogP contribution in [0.1, 0.15) is 13.8 Å². The zero-order valence-electron chi connectivity index (χ0n) is 14.0. The summed E-state index contributed by atoms with van der Waals surface area (Å²) in [5, 5.41) is 15.5. The highest BCUT2D eigenvalue weighted by molar-refractivity contribution is 5.86. The van der Waals surface area contributed by atoms with Gasteiger partial charge in [-0.2, -0.15) is 4.98 Å². The average molecular weight is 317 g/mol. The highest BCUT2D eigenvalue weighted by Gasteiger charge is 2.12. The molecule has 0 spiro atoms. The van der Waals surface area contributed by atoms with Gasteiger partial charge in [0.05, 0.1) is 12.3 Å². The van der Waals surface area contributed by atoms with E-state index in [0.717, 1.165) is 5.57 Å². The molecule has 0 aromatic carbocycles. The summed E-state index contributed by atoms with van der Waals surface area (Å²) in [6, 6.07) is 0. The van der Waals surface area contributed by atoms with Crippen molar-refractivity contribution in [3.8, 4) is 0 Å². The maximum atomic E-state index is 9.34. The van der Waals surface area contributed by atoms with E-state index in [1.165, 1.54) is 0 Å². The Kier molecular flexibility index (Phi) is 5.28. The standard InChI is InChI=1S/C15H23N7O/c1-9(2)6-16-15-19-11-8-18-14(17-7-10(3)23)20-12(11)13(21-15)22(4)5/h8,10,23H,1,6-7H2,2-5H3,(H,16,19,21)(H,17,18,20). The number of nitrogens with zero attached hydrogens (tertiary/aromatic N) is 5. The van der Waals surface area contributed by atoms with Crippen molar-refractivity contribution in [2.45, 2.75) is 20.0 Å². The van der Waals surface area contributed by atoms with E-state index in [1.54, 1.807) is 13.1 Å². The second-order valence-corrected chi connectivity index (χ2v) is 5.73. The lowest BCUT2D eigenvalue weighted by atomic mass is 10.3. The van der Waals surface area contributed by atoms with Crippen molar-refractivity contribution in [2.75, 3.05) is 42.7 Å². The molecule has 2 heterocycles. The molecule has 0 radical (unpaired) electrons. The van der Waals surface area contributed by atoms with Crippen molar-refractivity contribution >= 4 is 28.7 Å². The molecule has 1 atom stereocenters. The smallest absolute Gasteiger partial charge is 0.225 e. The van der Waals surface area contributed by atoms with Crippen LogP contribution in [0.3, 0.4) is 0 Å². The van der Waals surface area contributed by atoms with Gasteiger partial charge in [-0.25, -0.2) is 15.0 Å². The van der Waals surface area contributed by atoms with Crippen molar-refractivity contribution in [1.82, 2.24) is 19.9 Å². The number of fused-ring (bicyclic) bond motifs is 1. The Morgan fingerprint density at radius 1 is 1.26 bits per heavy atom. The van der Waals surface area contributed by atoms with Gasteiger partial charge in [-0.15, -0.1) is 0 Å². The molecule has 0 saturated heterocycles. The molecule has 1 unspecified atom stereocenters. The highest BCUT2D eigenvalue weighted by atomic mass is 16.3. The molecule has 0 aliphatic heterocycles. The van der Waals surface area contributed by atoms with Gasteiger partial charge in [0.15, 0.2) is 5.82 Å². The number of aliphatic hydroxyl groups excluding tert-OH is 1. The predicted octanol–water partition coefficient (Wildman–Crippen LogP) is 1.27. The average Bonchev–Trinajstić information content (AvgIpc) is 2.49. The molecule has 2 aromatic heterocycles. The van der Waals surface area contributed by atoms with E-state index in [-0.39, 0.29) is 0 Å². The van der Waals surface area contributed by atoms with Crippen LogP contribution in [-0.2, 0) is 0 Å². The topological polar surface area (TPSA) is 99.1 Å². The van der Waals surface area contributed by atoms with Crippen LogP contribution in [-0.4, -0.2) is 58.3 Å². The van der Waals surface area contributed by atoms with E-state index >= 15 is 0 Å². The van der Waals surface area contributed by atoms with Crippen LogP contribution in [0.5, 0.6) is 0 Å². The first kappa shape index (κ1) is 16.9. The minimum absolute atomic E-state index is 0.377. The first-order chi connectivity index (χ1) is 10.9. The molecule has 0 bridgehead atoms. The Balaban J connectivity index is 2.39. The summed E-state index contributed by atoms with van der Waals surface area (Å²) >= 11 is 0. The van der Waals surface area contributed by atoms with Crippen LogP contribution in [0.2, 0.25) is 0 Å². The van der Waals surface area contributed by atoms with Crippen molar-refractivity contribution < 1.29 is 5.11 Å².